The van der Waals surface area contributed by atoms with Gasteiger partial charge in [-0.2, -0.15) is 52.7 Å². The van der Waals surface area contributed by atoms with E-state index >= 15 is 0 Å². The maximum atomic E-state index is 12.9. The topological polar surface area (TPSA) is 105 Å². The van der Waals surface area contributed by atoms with E-state index in [1.807, 2.05) is 0 Å². The Morgan fingerprint density at radius 1 is 0.538 bits per heavy atom. The highest BCUT2D eigenvalue weighted by Crippen LogP contribution is 2.63. The number of ether oxygens (including phenoxy) is 4. The van der Waals surface area contributed by atoms with Crippen molar-refractivity contribution in [2.24, 2.45) is 22.7 Å². The monoisotopic (exact) mass is 782 g/mol. The number of rotatable bonds is 9. The normalized spacial score (nSPS) is 26.7. The lowest BCUT2D eigenvalue weighted by molar-refractivity contribution is -0.324. The quantitative estimate of drug-likeness (QED) is 0.130. The first-order valence-corrected chi connectivity index (χ1v) is 16.1. The zero-order valence-electron chi connectivity index (χ0n) is 29.6. The van der Waals surface area contributed by atoms with E-state index in [0.29, 0.717) is 20.3 Å². The van der Waals surface area contributed by atoms with Gasteiger partial charge < -0.3 is 18.9 Å². The summed E-state index contributed by atoms with van der Waals surface area (Å²) in [5, 5.41) is 0. The van der Waals surface area contributed by atoms with Crippen LogP contribution >= 0.6 is 0 Å². The first kappa shape index (κ1) is 45.2. The molecule has 52 heavy (non-hydrogen) atoms. The van der Waals surface area contributed by atoms with Gasteiger partial charge in [0, 0.05) is 19.3 Å². The van der Waals surface area contributed by atoms with E-state index in [1.165, 1.54) is 13.8 Å². The minimum atomic E-state index is -5.56. The Bertz CT molecular complexity index is 1300. The minimum Gasteiger partial charge on any atom is -0.458 e. The van der Waals surface area contributed by atoms with Crippen LogP contribution in [0, 0.1) is 22.7 Å². The number of carbonyl (C=O) groups excluding carboxylic acids is 4. The van der Waals surface area contributed by atoms with E-state index in [9.17, 15) is 71.9 Å². The molecule has 4 bridgehead atoms. The van der Waals surface area contributed by atoms with Gasteiger partial charge in [0.15, 0.2) is 5.92 Å². The highest BCUT2D eigenvalue weighted by Gasteiger charge is 2.70. The number of halogens is 12. The molecule has 0 amide bonds. The molecular formula is C32H42F12O8. The van der Waals surface area contributed by atoms with Crippen molar-refractivity contribution < 1.29 is 90.8 Å². The summed E-state index contributed by atoms with van der Waals surface area (Å²) in [6.45, 7) is 10.5. The smallest absolute Gasteiger partial charge is 0.458 e. The van der Waals surface area contributed by atoms with Crippen LogP contribution in [0.1, 0.15) is 107 Å². The van der Waals surface area contributed by atoms with Gasteiger partial charge in [-0.1, -0.05) is 13.8 Å². The van der Waals surface area contributed by atoms with Crippen molar-refractivity contribution in [1.82, 2.24) is 0 Å². The summed E-state index contributed by atoms with van der Waals surface area (Å²) in [5.74, 6) is -11.1. The molecule has 0 radical (unpaired) electrons. The molecule has 2 unspecified atom stereocenters. The van der Waals surface area contributed by atoms with Gasteiger partial charge in [0.05, 0.1) is 10.8 Å². The third kappa shape index (κ3) is 10.4. The van der Waals surface area contributed by atoms with Crippen LogP contribution in [0.2, 0.25) is 0 Å². The van der Waals surface area contributed by atoms with Crippen LogP contribution in [0.3, 0.4) is 0 Å². The maximum absolute atomic E-state index is 12.9. The maximum Gasteiger partial charge on any atom is 0.490 e. The summed E-state index contributed by atoms with van der Waals surface area (Å²) in [4.78, 5) is 47.7. The molecule has 20 heteroatoms. The Hall–Kier alpha value is -2.96. The van der Waals surface area contributed by atoms with Crippen molar-refractivity contribution in [3.8, 4) is 0 Å². The van der Waals surface area contributed by atoms with Crippen LogP contribution in [0.4, 0.5) is 52.7 Å². The lowest BCUT2D eigenvalue weighted by Crippen LogP contribution is -2.69. The number of esters is 4. The molecule has 0 heterocycles. The molecule has 0 aliphatic heterocycles. The predicted molar refractivity (Wildman–Crippen MR) is 154 cm³/mol. The zero-order valence-corrected chi connectivity index (χ0v) is 29.6. The van der Waals surface area contributed by atoms with E-state index in [4.69, 9.17) is 14.2 Å². The third-order valence-corrected chi connectivity index (χ3v) is 9.88. The van der Waals surface area contributed by atoms with Crippen LogP contribution in [0.5, 0.6) is 0 Å². The lowest BCUT2D eigenvalue weighted by atomic mass is 9.50. The Morgan fingerprint density at radius 2 is 0.827 bits per heavy atom. The predicted octanol–water partition coefficient (Wildman–Crippen LogP) is 8.88. The largest absolute Gasteiger partial charge is 0.490 e. The summed E-state index contributed by atoms with van der Waals surface area (Å²) < 4.78 is 173. The molecule has 0 N–H and O–H groups in total. The van der Waals surface area contributed by atoms with Gasteiger partial charge in [0.1, 0.15) is 22.4 Å². The Balaban J connectivity index is 0.000000405. The third-order valence-electron chi connectivity index (χ3n) is 9.88. The standard InChI is InChI=1S/C20H24F6O6.C12H18F6O2/c1-4-15(2,3)12(27)30-16-5-11-6-17(8-16,31-13(28)19(21,22)23)10-18(7-11,9-16)32-14(29)20(24,25)26;1-6-9(2,3)8(19)20-10(4,5)7(11(13,14)15)12(16,17)18/h11H,4-10H2,1-3H3;7H,6H2,1-5H3. The van der Waals surface area contributed by atoms with Crippen molar-refractivity contribution in [3.63, 3.8) is 0 Å². The van der Waals surface area contributed by atoms with Crippen molar-refractivity contribution in [1.29, 1.82) is 0 Å². The first-order chi connectivity index (χ1) is 22.9. The van der Waals surface area contributed by atoms with Crippen LogP contribution in [-0.4, -0.2) is 71.0 Å². The molecule has 0 spiro atoms. The zero-order chi connectivity index (χ0) is 40.9. The molecule has 4 rings (SSSR count). The van der Waals surface area contributed by atoms with Gasteiger partial charge in [0.25, 0.3) is 0 Å². The van der Waals surface area contributed by atoms with Crippen molar-refractivity contribution in [2.45, 2.75) is 154 Å². The van der Waals surface area contributed by atoms with Gasteiger partial charge in [-0.15, -0.1) is 0 Å². The van der Waals surface area contributed by atoms with Crippen molar-refractivity contribution >= 4 is 23.9 Å². The summed E-state index contributed by atoms with van der Waals surface area (Å²) >= 11 is 0. The van der Waals surface area contributed by atoms with E-state index in [-0.39, 0.29) is 38.5 Å². The number of hydrogen-bond acceptors (Lipinski definition) is 8. The fourth-order valence-corrected chi connectivity index (χ4v) is 7.06. The molecule has 0 saturated heterocycles. The van der Waals surface area contributed by atoms with Crippen LogP contribution in [0.15, 0.2) is 0 Å². The molecule has 8 nitrogen and oxygen atoms in total. The Labute approximate surface area is 291 Å². The molecule has 4 fully saturated rings. The Morgan fingerprint density at radius 3 is 1.10 bits per heavy atom. The molecule has 0 aromatic rings. The number of hydrogen-bond donors (Lipinski definition) is 0. The van der Waals surface area contributed by atoms with Crippen LogP contribution in [-0.2, 0) is 38.1 Å². The van der Waals surface area contributed by atoms with Gasteiger partial charge in [-0.25, -0.2) is 9.59 Å². The SMILES string of the molecule is CCC(C)(C)C(=O)OC(C)(C)C(C(F)(F)F)C(F)(F)F.CCC(C)(C)C(=O)OC12CC3CC(OC(=O)C(F)(F)F)(CC(OC(=O)C(F)(F)F)(C3)C1)C2. The lowest BCUT2D eigenvalue weighted by Gasteiger charge is -2.63. The summed E-state index contributed by atoms with van der Waals surface area (Å²) in [6.07, 6.45) is -22.3. The number of carbonyl (C=O) groups is 4. The Kier molecular flexibility index (Phi) is 12.2. The van der Waals surface area contributed by atoms with Gasteiger partial charge in [-0.3, -0.25) is 9.59 Å². The molecule has 0 aromatic heterocycles. The molecule has 4 aliphatic carbocycles. The minimum absolute atomic E-state index is 0.0589. The van der Waals surface area contributed by atoms with Gasteiger partial charge in [-0.05, 0) is 79.6 Å². The molecule has 302 valence electrons. The van der Waals surface area contributed by atoms with Crippen molar-refractivity contribution in [2.75, 3.05) is 0 Å². The van der Waals surface area contributed by atoms with E-state index < -0.39 is 100 Å². The fraction of sp³-hybridized carbons (Fsp3) is 0.875. The van der Waals surface area contributed by atoms with E-state index in [1.54, 1.807) is 27.7 Å². The van der Waals surface area contributed by atoms with Crippen LogP contribution in [0.25, 0.3) is 0 Å². The second kappa shape index (κ2) is 14.0. The first-order valence-electron chi connectivity index (χ1n) is 16.1. The van der Waals surface area contributed by atoms with Gasteiger partial charge >= 0.3 is 48.6 Å². The fourth-order valence-electron chi connectivity index (χ4n) is 7.06. The average Bonchev–Trinajstić information content (AvgIpc) is 2.88. The second-order valence-electron chi connectivity index (χ2n) is 15.7. The summed E-state index contributed by atoms with van der Waals surface area (Å²) in [6, 6.07) is 0. The van der Waals surface area contributed by atoms with Gasteiger partial charge in [0.2, 0.25) is 0 Å². The summed E-state index contributed by atoms with van der Waals surface area (Å²) in [7, 11) is 0. The number of alkyl halides is 12. The summed E-state index contributed by atoms with van der Waals surface area (Å²) in [5.41, 5.74) is -10.1. The molecule has 4 saturated carbocycles. The molecular weight excluding hydrogens is 740 g/mol. The molecule has 2 atom stereocenters. The highest BCUT2D eigenvalue weighted by molar-refractivity contribution is 5.78. The second-order valence-corrected chi connectivity index (χ2v) is 15.7. The molecule has 4 aliphatic rings. The van der Waals surface area contributed by atoms with E-state index in [2.05, 4.69) is 4.74 Å². The highest BCUT2D eigenvalue weighted by atomic mass is 19.4. The van der Waals surface area contributed by atoms with E-state index in [0.717, 1.165) is 0 Å². The van der Waals surface area contributed by atoms with Crippen LogP contribution < -0.4 is 0 Å². The average molecular weight is 783 g/mol. The van der Waals surface area contributed by atoms with Crippen molar-refractivity contribution in [3.05, 3.63) is 0 Å². The molecule has 0 aromatic carbocycles.